The number of rotatable bonds is 4. The summed E-state index contributed by atoms with van der Waals surface area (Å²) in [6, 6.07) is 4.81. The Morgan fingerprint density at radius 3 is 2.42 bits per heavy atom. The van der Waals surface area contributed by atoms with Crippen LogP contribution in [0.1, 0.15) is 10.5 Å². The van der Waals surface area contributed by atoms with Crippen molar-refractivity contribution in [2.75, 3.05) is 20.0 Å². The number of nitrogens with zero attached hydrogens (tertiary/aromatic N) is 2. The van der Waals surface area contributed by atoms with Crippen LogP contribution in [0.15, 0.2) is 24.4 Å². The molecule has 4 N–H and O–H groups in total. The molecular weight excluding hydrogens is 248 g/mol. The monoisotopic (exact) mass is 262 g/mol. The van der Waals surface area contributed by atoms with E-state index in [1.54, 1.807) is 18.3 Å². The summed E-state index contributed by atoms with van der Waals surface area (Å²) in [5, 5.41) is 4.04. The molecule has 0 aliphatic carbocycles. The number of benzene rings is 1. The van der Waals surface area contributed by atoms with Crippen LogP contribution in [-0.4, -0.2) is 29.9 Å². The number of ether oxygens (including phenoxy) is 2. The number of hydrogen-bond acceptors (Lipinski definition) is 5. The Morgan fingerprint density at radius 1 is 1.26 bits per heavy atom. The van der Waals surface area contributed by atoms with E-state index in [-0.39, 0.29) is 5.69 Å². The first-order valence-corrected chi connectivity index (χ1v) is 5.44. The van der Waals surface area contributed by atoms with Crippen molar-refractivity contribution in [3.63, 3.8) is 0 Å². The third kappa shape index (κ3) is 2.30. The molecule has 7 nitrogen and oxygen atoms in total. The molecule has 0 aliphatic heterocycles. The summed E-state index contributed by atoms with van der Waals surface area (Å²) in [5.41, 5.74) is 12.3. The highest BCUT2D eigenvalue weighted by Crippen LogP contribution is 2.33. The molecule has 1 aromatic heterocycles. The number of nitrogen functional groups attached to an aromatic ring is 1. The molecule has 7 heteroatoms. The molecule has 2 aromatic rings. The normalized spacial score (nSPS) is 10.2. The number of carbonyl (C=O) groups is 1. The summed E-state index contributed by atoms with van der Waals surface area (Å²) < 4.78 is 11.8. The van der Waals surface area contributed by atoms with E-state index < -0.39 is 5.91 Å². The maximum Gasteiger partial charge on any atom is 0.269 e. The predicted molar refractivity (Wildman–Crippen MR) is 69.6 cm³/mol. The Labute approximate surface area is 109 Å². The minimum absolute atomic E-state index is 0.161. The average Bonchev–Trinajstić information content (AvgIpc) is 2.87. The zero-order valence-electron chi connectivity index (χ0n) is 10.6. The molecular formula is C12H14N4O3. The number of primary amides is 1. The van der Waals surface area contributed by atoms with Gasteiger partial charge in [0.2, 0.25) is 0 Å². The zero-order chi connectivity index (χ0) is 14.0. The first-order chi connectivity index (χ1) is 9.06. The molecule has 0 aliphatic rings. The summed E-state index contributed by atoms with van der Waals surface area (Å²) in [5.74, 6) is 0.437. The summed E-state index contributed by atoms with van der Waals surface area (Å²) in [7, 11) is 3.05. The maximum atomic E-state index is 11.0. The van der Waals surface area contributed by atoms with Crippen molar-refractivity contribution in [3.05, 3.63) is 30.1 Å². The largest absolute Gasteiger partial charge is 0.493 e. The molecule has 19 heavy (non-hydrogen) atoms. The second kappa shape index (κ2) is 4.89. The van der Waals surface area contributed by atoms with E-state index in [1.807, 2.05) is 0 Å². The van der Waals surface area contributed by atoms with E-state index in [4.69, 9.17) is 20.9 Å². The van der Waals surface area contributed by atoms with Crippen molar-refractivity contribution < 1.29 is 14.3 Å². The molecule has 100 valence electrons. The third-order valence-electron chi connectivity index (χ3n) is 2.62. The van der Waals surface area contributed by atoms with Gasteiger partial charge in [-0.2, -0.15) is 5.10 Å². The molecule has 2 rings (SSSR count). The van der Waals surface area contributed by atoms with Gasteiger partial charge in [-0.15, -0.1) is 0 Å². The van der Waals surface area contributed by atoms with Gasteiger partial charge in [-0.05, 0) is 6.07 Å². The van der Waals surface area contributed by atoms with Crippen LogP contribution in [0, 0.1) is 0 Å². The SMILES string of the molecule is COc1cc(N)c(-n2ccc(C(N)=O)n2)cc1OC. The van der Waals surface area contributed by atoms with Gasteiger partial charge in [-0.25, -0.2) is 4.68 Å². The number of methoxy groups -OCH3 is 2. The smallest absolute Gasteiger partial charge is 0.269 e. The molecule has 1 aromatic carbocycles. The molecule has 1 heterocycles. The molecule has 0 radical (unpaired) electrons. The highest BCUT2D eigenvalue weighted by Gasteiger charge is 2.13. The molecule has 0 saturated carbocycles. The van der Waals surface area contributed by atoms with Crippen LogP contribution in [-0.2, 0) is 0 Å². The second-order valence-corrected chi connectivity index (χ2v) is 3.78. The molecule has 0 atom stereocenters. The van der Waals surface area contributed by atoms with E-state index in [0.29, 0.717) is 22.9 Å². The van der Waals surface area contributed by atoms with Crippen molar-refractivity contribution in [2.24, 2.45) is 5.73 Å². The Morgan fingerprint density at radius 2 is 1.89 bits per heavy atom. The Hall–Kier alpha value is -2.70. The first kappa shape index (κ1) is 12.7. The van der Waals surface area contributed by atoms with Crippen LogP contribution in [0.4, 0.5) is 5.69 Å². The first-order valence-electron chi connectivity index (χ1n) is 5.44. The predicted octanol–water partition coefficient (Wildman–Crippen LogP) is 0.571. The number of hydrogen-bond donors (Lipinski definition) is 2. The summed E-state index contributed by atoms with van der Waals surface area (Å²) in [6.07, 6.45) is 1.59. The van der Waals surface area contributed by atoms with Gasteiger partial charge in [-0.3, -0.25) is 4.79 Å². The molecule has 0 saturated heterocycles. The number of carbonyl (C=O) groups excluding carboxylic acids is 1. The molecule has 1 amide bonds. The van der Waals surface area contributed by atoms with Crippen LogP contribution in [0.3, 0.4) is 0 Å². The Bertz CT molecular complexity index is 621. The number of nitrogens with two attached hydrogens (primary N) is 2. The third-order valence-corrected chi connectivity index (χ3v) is 2.62. The van der Waals surface area contributed by atoms with Crippen molar-refractivity contribution in [1.82, 2.24) is 9.78 Å². The highest BCUT2D eigenvalue weighted by molar-refractivity contribution is 5.90. The van der Waals surface area contributed by atoms with Gasteiger partial charge >= 0.3 is 0 Å². The lowest BCUT2D eigenvalue weighted by Gasteiger charge is -2.12. The van der Waals surface area contributed by atoms with Gasteiger partial charge in [0.15, 0.2) is 11.5 Å². The van der Waals surface area contributed by atoms with Crippen molar-refractivity contribution in [1.29, 1.82) is 0 Å². The number of anilines is 1. The number of amides is 1. The molecule has 0 fully saturated rings. The van der Waals surface area contributed by atoms with Gasteiger partial charge in [0.05, 0.1) is 25.6 Å². The lowest BCUT2D eigenvalue weighted by molar-refractivity contribution is 0.0995. The minimum Gasteiger partial charge on any atom is -0.493 e. The fraction of sp³-hybridized carbons (Fsp3) is 0.167. The van der Waals surface area contributed by atoms with Crippen molar-refractivity contribution in [2.45, 2.75) is 0 Å². The van der Waals surface area contributed by atoms with Crippen LogP contribution in [0.5, 0.6) is 11.5 Å². The molecule has 0 spiro atoms. The van der Waals surface area contributed by atoms with Crippen molar-refractivity contribution >= 4 is 11.6 Å². The van der Waals surface area contributed by atoms with Gasteiger partial charge in [0, 0.05) is 18.3 Å². The molecule has 0 unspecified atom stereocenters. The van der Waals surface area contributed by atoms with E-state index in [0.717, 1.165) is 0 Å². The lowest BCUT2D eigenvalue weighted by Crippen LogP contribution is -2.12. The summed E-state index contributed by atoms with van der Waals surface area (Å²) >= 11 is 0. The van der Waals surface area contributed by atoms with E-state index in [1.165, 1.54) is 25.0 Å². The van der Waals surface area contributed by atoms with Crippen molar-refractivity contribution in [3.8, 4) is 17.2 Å². The van der Waals surface area contributed by atoms with E-state index in [9.17, 15) is 4.79 Å². The van der Waals surface area contributed by atoms with Gasteiger partial charge < -0.3 is 20.9 Å². The standard InChI is InChI=1S/C12H14N4O3/c1-18-10-5-7(13)9(6-11(10)19-2)16-4-3-8(15-16)12(14)17/h3-6H,13H2,1-2H3,(H2,14,17). The molecule has 0 bridgehead atoms. The van der Waals surface area contributed by atoms with Gasteiger partial charge in [0.1, 0.15) is 5.69 Å². The maximum absolute atomic E-state index is 11.0. The topological polar surface area (TPSA) is 105 Å². The van der Waals surface area contributed by atoms with E-state index >= 15 is 0 Å². The summed E-state index contributed by atoms with van der Waals surface area (Å²) in [4.78, 5) is 11.0. The van der Waals surface area contributed by atoms with Crippen LogP contribution in [0.2, 0.25) is 0 Å². The quantitative estimate of drug-likeness (QED) is 0.784. The lowest BCUT2D eigenvalue weighted by atomic mass is 10.2. The van der Waals surface area contributed by atoms with E-state index in [2.05, 4.69) is 5.10 Å². The van der Waals surface area contributed by atoms with Crippen LogP contribution >= 0.6 is 0 Å². The number of aromatic nitrogens is 2. The fourth-order valence-corrected chi connectivity index (χ4v) is 1.67. The Kier molecular flexibility index (Phi) is 3.28. The average molecular weight is 262 g/mol. The van der Waals surface area contributed by atoms with Crippen LogP contribution in [0.25, 0.3) is 5.69 Å². The highest BCUT2D eigenvalue weighted by atomic mass is 16.5. The summed E-state index contributed by atoms with van der Waals surface area (Å²) in [6.45, 7) is 0. The van der Waals surface area contributed by atoms with Gasteiger partial charge in [0.25, 0.3) is 5.91 Å². The minimum atomic E-state index is -0.599. The van der Waals surface area contributed by atoms with Gasteiger partial charge in [-0.1, -0.05) is 0 Å². The van der Waals surface area contributed by atoms with Crippen LogP contribution < -0.4 is 20.9 Å². The zero-order valence-corrected chi connectivity index (χ0v) is 10.6. The fourth-order valence-electron chi connectivity index (χ4n) is 1.67. The second-order valence-electron chi connectivity index (χ2n) is 3.78. The Balaban J connectivity index is 2.51.